The lowest BCUT2D eigenvalue weighted by Crippen LogP contribution is -2.23. The van der Waals surface area contributed by atoms with Crippen LogP contribution < -0.4 is 0 Å². The molecule has 0 aliphatic heterocycles. The van der Waals surface area contributed by atoms with Gasteiger partial charge in [0.25, 0.3) is 0 Å². The molecule has 0 rings (SSSR count). The minimum atomic E-state index is -0.145. The molecule has 0 aromatic heterocycles. The highest BCUT2D eigenvalue weighted by molar-refractivity contribution is 8.77. The largest absolute Gasteiger partial charge is 0.364 e. The lowest BCUT2D eigenvalue weighted by Gasteiger charge is -2.29. The van der Waals surface area contributed by atoms with Gasteiger partial charge in [-0.2, -0.15) is 0 Å². The summed E-state index contributed by atoms with van der Waals surface area (Å²) in [5, 5.41) is 0. The van der Waals surface area contributed by atoms with Crippen LogP contribution in [-0.2, 0) is 9.47 Å². The van der Waals surface area contributed by atoms with E-state index in [9.17, 15) is 0 Å². The lowest BCUT2D eigenvalue weighted by atomic mass is 10.5. The highest BCUT2D eigenvalue weighted by atomic mass is 33.1. The van der Waals surface area contributed by atoms with Crippen molar-refractivity contribution in [2.75, 3.05) is 13.2 Å². The maximum absolute atomic E-state index is 5.59. The summed E-state index contributed by atoms with van der Waals surface area (Å²) in [5.41, 5.74) is 0. The van der Waals surface area contributed by atoms with Gasteiger partial charge in [0.1, 0.15) is 9.87 Å². The quantitative estimate of drug-likeness (QED) is 0.494. The van der Waals surface area contributed by atoms with Crippen LogP contribution in [0.3, 0.4) is 0 Å². The molecular weight excluding hydrogens is 216 g/mol. The van der Waals surface area contributed by atoms with Crippen molar-refractivity contribution in [1.29, 1.82) is 0 Å². The second kappa shape index (κ2) is 6.26. The van der Waals surface area contributed by atoms with E-state index in [2.05, 4.69) is 27.7 Å². The Labute approximate surface area is 95.9 Å². The molecule has 2 nitrogen and oxygen atoms in total. The van der Waals surface area contributed by atoms with E-state index in [0.717, 1.165) is 13.2 Å². The topological polar surface area (TPSA) is 18.5 Å². The van der Waals surface area contributed by atoms with Gasteiger partial charge in [-0.15, -0.1) is 0 Å². The van der Waals surface area contributed by atoms with Crippen molar-refractivity contribution in [3.8, 4) is 0 Å². The van der Waals surface area contributed by atoms with Gasteiger partial charge < -0.3 is 9.47 Å². The molecule has 0 aliphatic carbocycles. The fraction of sp³-hybridized carbons (Fsp3) is 1.00. The van der Waals surface area contributed by atoms with Crippen LogP contribution in [0, 0.1) is 0 Å². The van der Waals surface area contributed by atoms with Gasteiger partial charge in [0.15, 0.2) is 0 Å². The molecule has 0 aromatic rings. The van der Waals surface area contributed by atoms with Crippen LogP contribution in [0.25, 0.3) is 0 Å². The molecule has 0 heterocycles. The van der Waals surface area contributed by atoms with Crippen molar-refractivity contribution >= 4 is 21.6 Å². The average Bonchev–Trinajstić information content (AvgIpc) is 2.01. The SMILES string of the molecule is CCOC(C)(C)SSC(C)(C)OCC. The highest BCUT2D eigenvalue weighted by Crippen LogP contribution is 2.44. The predicted octanol–water partition coefficient (Wildman–Crippen LogP) is 3.91. The Kier molecular flexibility index (Phi) is 6.53. The summed E-state index contributed by atoms with van der Waals surface area (Å²) in [7, 11) is 3.44. The second-order valence-electron chi connectivity index (χ2n) is 3.83. The summed E-state index contributed by atoms with van der Waals surface area (Å²) in [6, 6.07) is 0. The van der Waals surface area contributed by atoms with Crippen molar-refractivity contribution in [3.05, 3.63) is 0 Å². The first-order valence-corrected chi connectivity index (χ1v) is 7.12. The monoisotopic (exact) mass is 238 g/mol. The van der Waals surface area contributed by atoms with Crippen LogP contribution in [0.15, 0.2) is 0 Å². The maximum atomic E-state index is 5.59. The Balaban J connectivity index is 3.90. The smallest absolute Gasteiger partial charge is 0.118 e. The van der Waals surface area contributed by atoms with Gasteiger partial charge in [0.2, 0.25) is 0 Å². The number of hydrogen-bond acceptors (Lipinski definition) is 4. The fourth-order valence-electron chi connectivity index (χ4n) is 0.944. The third-order valence-corrected chi connectivity index (χ3v) is 5.21. The van der Waals surface area contributed by atoms with Gasteiger partial charge >= 0.3 is 0 Å². The molecule has 0 N–H and O–H groups in total. The summed E-state index contributed by atoms with van der Waals surface area (Å²) in [4.78, 5) is -0.290. The molecule has 0 aromatic carbocycles. The Morgan fingerprint density at radius 2 is 1.07 bits per heavy atom. The molecule has 0 atom stereocenters. The number of rotatable bonds is 7. The Bertz CT molecular complexity index is 140. The molecule has 0 saturated heterocycles. The van der Waals surface area contributed by atoms with E-state index in [1.807, 2.05) is 13.8 Å². The van der Waals surface area contributed by atoms with Gasteiger partial charge in [0, 0.05) is 13.2 Å². The van der Waals surface area contributed by atoms with Crippen LogP contribution in [-0.4, -0.2) is 23.1 Å². The molecule has 4 heteroatoms. The highest BCUT2D eigenvalue weighted by Gasteiger charge is 2.26. The van der Waals surface area contributed by atoms with Crippen molar-refractivity contribution in [1.82, 2.24) is 0 Å². The van der Waals surface area contributed by atoms with Crippen molar-refractivity contribution < 1.29 is 9.47 Å². The maximum Gasteiger partial charge on any atom is 0.118 e. The Morgan fingerprint density at radius 3 is 1.29 bits per heavy atom. The Morgan fingerprint density at radius 1 is 0.786 bits per heavy atom. The molecule has 0 fully saturated rings. The predicted molar refractivity (Wildman–Crippen MR) is 66.6 cm³/mol. The molecule has 14 heavy (non-hydrogen) atoms. The van der Waals surface area contributed by atoms with Gasteiger partial charge in [0.05, 0.1) is 0 Å². The van der Waals surface area contributed by atoms with E-state index in [1.165, 1.54) is 0 Å². The third-order valence-electron chi connectivity index (χ3n) is 1.43. The molecule has 0 saturated carbocycles. The molecule has 0 bridgehead atoms. The lowest BCUT2D eigenvalue weighted by molar-refractivity contribution is 0.0599. The summed E-state index contributed by atoms with van der Waals surface area (Å²) in [6.45, 7) is 13.8. The van der Waals surface area contributed by atoms with E-state index in [-0.39, 0.29) is 9.87 Å². The van der Waals surface area contributed by atoms with E-state index in [4.69, 9.17) is 9.47 Å². The van der Waals surface area contributed by atoms with Gasteiger partial charge in [-0.1, -0.05) is 21.6 Å². The summed E-state index contributed by atoms with van der Waals surface area (Å²) < 4.78 is 11.2. The normalized spacial score (nSPS) is 13.3. The first-order valence-electron chi connectivity index (χ1n) is 4.97. The molecule has 0 radical (unpaired) electrons. The molecular formula is C10H22O2S2. The average molecular weight is 238 g/mol. The first-order chi connectivity index (χ1) is 6.33. The molecule has 0 aliphatic rings. The minimum absolute atomic E-state index is 0.145. The first kappa shape index (κ1) is 14.6. The zero-order valence-electron chi connectivity index (χ0n) is 10.0. The van der Waals surface area contributed by atoms with E-state index < -0.39 is 0 Å². The fourth-order valence-corrected chi connectivity index (χ4v) is 3.17. The summed E-state index contributed by atoms with van der Waals surface area (Å²) >= 11 is 0. The van der Waals surface area contributed by atoms with Crippen LogP contribution in [0.4, 0.5) is 0 Å². The minimum Gasteiger partial charge on any atom is -0.364 e. The standard InChI is InChI=1S/C10H22O2S2/c1-7-11-9(3,4)13-14-10(5,6)12-8-2/h7-8H2,1-6H3. The van der Waals surface area contributed by atoms with Crippen molar-refractivity contribution in [2.45, 2.75) is 51.4 Å². The van der Waals surface area contributed by atoms with Crippen LogP contribution in [0.5, 0.6) is 0 Å². The summed E-state index contributed by atoms with van der Waals surface area (Å²) in [6.07, 6.45) is 0. The zero-order chi connectivity index (χ0) is 11.2. The van der Waals surface area contributed by atoms with Crippen LogP contribution in [0.2, 0.25) is 0 Å². The van der Waals surface area contributed by atoms with Gasteiger partial charge in [-0.25, -0.2) is 0 Å². The molecule has 86 valence electrons. The second-order valence-corrected chi connectivity index (χ2v) is 7.13. The van der Waals surface area contributed by atoms with Crippen LogP contribution >= 0.6 is 21.6 Å². The third kappa shape index (κ3) is 6.98. The van der Waals surface area contributed by atoms with Crippen LogP contribution in [0.1, 0.15) is 41.5 Å². The Hall–Kier alpha value is 0.620. The van der Waals surface area contributed by atoms with Gasteiger partial charge in [-0.3, -0.25) is 0 Å². The summed E-state index contributed by atoms with van der Waals surface area (Å²) in [5.74, 6) is 0. The molecule has 0 spiro atoms. The zero-order valence-corrected chi connectivity index (χ0v) is 11.7. The number of ether oxygens (including phenoxy) is 2. The number of hydrogen-bond donors (Lipinski definition) is 0. The molecule has 0 unspecified atom stereocenters. The van der Waals surface area contributed by atoms with E-state index >= 15 is 0 Å². The van der Waals surface area contributed by atoms with Crippen molar-refractivity contribution in [2.24, 2.45) is 0 Å². The van der Waals surface area contributed by atoms with Crippen molar-refractivity contribution in [3.63, 3.8) is 0 Å². The van der Waals surface area contributed by atoms with E-state index in [1.54, 1.807) is 21.6 Å². The van der Waals surface area contributed by atoms with Gasteiger partial charge in [-0.05, 0) is 41.5 Å². The van der Waals surface area contributed by atoms with E-state index in [0.29, 0.717) is 0 Å². The molecule has 0 amide bonds.